The summed E-state index contributed by atoms with van der Waals surface area (Å²) in [4.78, 5) is 24.7. The summed E-state index contributed by atoms with van der Waals surface area (Å²) < 4.78 is 10.3. The van der Waals surface area contributed by atoms with Crippen LogP contribution in [0.2, 0.25) is 0 Å². The van der Waals surface area contributed by atoms with Crippen molar-refractivity contribution in [1.29, 1.82) is 0 Å². The molecule has 5 rings (SSSR count). The number of esters is 1. The largest absolute Gasteiger partial charge is 0.452 e. The smallest absolute Gasteiger partial charge is 0.338 e. The maximum atomic E-state index is 12.4. The summed E-state index contributed by atoms with van der Waals surface area (Å²) in [7, 11) is 1.61. The summed E-state index contributed by atoms with van der Waals surface area (Å²) in [6.45, 7) is 2.34. The molecule has 0 radical (unpaired) electrons. The van der Waals surface area contributed by atoms with Gasteiger partial charge in [0.15, 0.2) is 6.61 Å². The lowest BCUT2D eigenvalue weighted by Crippen LogP contribution is -2.56. The molecule has 4 bridgehead atoms. The van der Waals surface area contributed by atoms with Crippen molar-refractivity contribution in [2.45, 2.75) is 58.1 Å². The van der Waals surface area contributed by atoms with Gasteiger partial charge >= 0.3 is 5.97 Å². The molecule has 4 aliphatic carbocycles. The molecule has 5 heteroatoms. The molecule has 1 atom stereocenters. The van der Waals surface area contributed by atoms with E-state index in [1.807, 2.05) is 6.07 Å². The molecule has 0 aliphatic heterocycles. The van der Waals surface area contributed by atoms with Gasteiger partial charge in [-0.1, -0.05) is 12.1 Å². The SMILES string of the molecule is COCc1cccc(C(=O)OCC(=O)N[C@@H](C)C23CC4CC(CC(C4)C2)C3)c1. The van der Waals surface area contributed by atoms with E-state index in [4.69, 9.17) is 9.47 Å². The third-order valence-electron chi connectivity index (χ3n) is 7.19. The highest BCUT2D eigenvalue weighted by atomic mass is 16.5. The van der Waals surface area contributed by atoms with Crippen molar-refractivity contribution in [2.24, 2.45) is 23.2 Å². The Morgan fingerprint density at radius 3 is 2.39 bits per heavy atom. The van der Waals surface area contributed by atoms with Crippen molar-refractivity contribution >= 4 is 11.9 Å². The van der Waals surface area contributed by atoms with E-state index in [2.05, 4.69) is 12.2 Å². The van der Waals surface area contributed by atoms with Crippen LogP contribution < -0.4 is 5.32 Å². The van der Waals surface area contributed by atoms with Crippen LogP contribution in [0, 0.1) is 23.2 Å². The van der Waals surface area contributed by atoms with Gasteiger partial charge in [0.1, 0.15) is 0 Å². The number of carbonyl (C=O) groups is 2. The lowest BCUT2D eigenvalue weighted by molar-refractivity contribution is -0.128. The molecule has 4 saturated carbocycles. The van der Waals surface area contributed by atoms with Gasteiger partial charge in [-0.2, -0.15) is 0 Å². The zero-order valence-electron chi connectivity index (χ0n) is 16.9. The molecule has 0 spiro atoms. The first-order valence-corrected chi connectivity index (χ1v) is 10.5. The van der Waals surface area contributed by atoms with Gasteiger partial charge in [0, 0.05) is 13.2 Å². The maximum Gasteiger partial charge on any atom is 0.338 e. The summed E-state index contributed by atoms with van der Waals surface area (Å²) in [5.74, 6) is 1.87. The van der Waals surface area contributed by atoms with Crippen molar-refractivity contribution in [2.75, 3.05) is 13.7 Å². The van der Waals surface area contributed by atoms with Gasteiger partial charge < -0.3 is 14.8 Å². The quantitative estimate of drug-likeness (QED) is 0.727. The molecule has 1 aromatic carbocycles. The van der Waals surface area contributed by atoms with E-state index >= 15 is 0 Å². The standard InChI is InChI=1S/C23H31NO4/c1-15(23-10-17-6-18(11-23)8-19(7-17)12-23)24-21(25)14-28-22(26)20-5-3-4-16(9-20)13-27-2/h3-5,9,15,17-19H,6-8,10-14H2,1-2H3,(H,24,25)/t15-,17?,18?,19?,23?/m0/s1. The molecule has 0 saturated heterocycles. The highest BCUT2D eigenvalue weighted by Crippen LogP contribution is 2.61. The van der Waals surface area contributed by atoms with E-state index in [-0.39, 0.29) is 24.0 Å². The van der Waals surface area contributed by atoms with Crippen molar-refractivity contribution in [3.8, 4) is 0 Å². The molecule has 5 nitrogen and oxygen atoms in total. The van der Waals surface area contributed by atoms with Gasteiger partial charge in [-0.05, 0) is 86.3 Å². The van der Waals surface area contributed by atoms with Crippen LogP contribution in [0.4, 0.5) is 0 Å². The van der Waals surface area contributed by atoms with E-state index in [0.717, 1.165) is 23.3 Å². The Morgan fingerprint density at radius 2 is 1.79 bits per heavy atom. The Labute approximate surface area is 167 Å². The summed E-state index contributed by atoms with van der Waals surface area (Å²) in [6.07, 6.45) is 7.89. The number of hydrogen-bond acceptors (Lipinski definition) is 4. The summed E-state index contributed by atoms with van der Waals surface area (Å²) in [5.41, 5.74) is 1.59. The van der Waals surface area contributed by atoms with Gasteiger partial charge in [0.05, 0.1) is 12.2 Å². The number of methoxy groups -OCH3 is 1. The molecule has 1 amide bonds. The second-order valence-corrected chi connectivity index (χ2v) is 9.28. The summed E-state index contributed by atoms with van der Waals surface area (Å²) >= 11 is 0. The minimum Gasteiger partial charge on any atom is -0.452 e. The molecular formula is C23H31NO4. The van der Waals surface area contributed by atoms with Gasteiger partial charge in [-0.25, -0.2) is 4.79 Å². The third kappa shape index (κ3) is 3.95. The van der Waals surface area contributed by atoms with E-state index in [0.29, 0.717) is 12.2 Å². The monoisotopic (exact) mass is 385 g/mol. The maximum absolute atomic E-state index is 12.4. The number of ether oxygens (including phenoxy) is 2. The van der Waals surface area contributed by atoms with E-state index in [1.54, 1.807) is 25.3 Å². The first-order chi connectivity index (χ1) is 13.5. The van der Waals surface area contributed by atoms with Crippen molar-refractivity contribution < 1.29 is 19.1 Å². The molecule has 0 unspecified atom stereocenters. The lowest BCUT2D eigenvalue weighted by Gasteiger charge is -2.59. The van der Waals surface area contributed by atoms with Crippen LogP contribution in [0.25, 0.3) is 0 Å². The second-order valence-electron chi connectivity index (χ2n) is 9.28. The Hall–Kier alpha value is -1.88. The van der Waals surface area contributed by atoms with Crippen molar-refractivity contribution in [1.82, 2.24) is 5.32 Å². The van der Waals surface area contributed by atoms with Gasteiger partial charge in [-0.3, -0.25) is 4.79 Å². The topological polar surface area (TPSA) is 64.6 Å². The zero-order valence-corrected chi connectivity index (χ0v) is 16.9. The molecule has 4 fully saturated rings. The fourth-order valence-electron chi connectivity index (χ4n) is 6.31. The van der Waals surface area contributed by atoms with Gasteiger partial charge in [0.25, 0.3) is 5.91 Å². The average Bonchev–Trinajstić information content (AvgIpc) is 2.65. The van der Waals surface area contributed by atoms with Crippen LogP contribution in [-0.2, 0) is 20.9 Å². The minimum atomic E-state index is -0.476. The first-order valence-electron chi connectivity index (χ1n) is 10.5. The minimum absolute atomic E-state index is 0.136. The predicted octanol–water partition coefficient (Wildman–Crippen LogP) is 3.71. The summed E-state index contributed by atoms with van der Waals surface area (Å²) in [6, 6.07) is 7.25. The van der Waals surface area contributed by atoms with Crippen LogP contribution in [0.5, 0.6) is 0 Å². The Morgan fingerprint density at radius 1 is 1.14 bits per heavy atom. The number of rotatable bonds is 7. The van der Waals surface area contributed by atoms with Crippen LogP contribution >= 0.6 is 0 Å². The summed E-state index contributed by atoms with van der Waals surface area (Å²) in [5, 5.41) is 3.14. The number of hydrogen-bond donors (Lipinski definition) is 1. The Bertz CT molecular complexity index is 709. The Kier molecular flexibility index (Phi) is 5.46. The fourth-order valence-corrected chi connectivity index (χ4v) is 6.31. The lowest BCUT2D eigenvalue weighted by atomic mass is 9.48. The number of benzene rings is 1. The molecule has 1 aromatic rings. The number of nitrogens with one attached hydrogen (secondary N) is 1. The molecular weight excluding hydrogens is 354 g/mol. The highest BCUT2D eigenvalue weighted by molar-refractivity contribution is 5.91. The fraction of sp³-hybridized carbons (Fsp3) is 0.652. The first kappa shape index (κ1) is 19.4. The molecule has 4 aliphatic rings. The van der Waals surface area contributed by atoms with E-state index in [1.165, 1.54) is 38.5 Å². The van der Waals surface area contributed by atoms with Crippen molar-refractivity contribution in [3.63, 3.8) is 0 Å². The normalized spacial score (nSPS) is 31.4. The van der Waals surface area contributed by atoms with E-state index < -0.39 is 5.97 Å². The van der Waals surface area contributed by atoms with Crippen LogP contribution in [0.15, 0.2) is 24.3 Å². The van der Waals surface area contributed by atoms with Crippen molar-refractivity contribution in [3.05, 3.63) is 35.4 Å². The Balaban J connectivity index is 1.30. The highest BCUT2D eigenvalue weighted by Gasteiger charge is 2.53. The third-order valence-corrected chi connectivity index (χ3v) is 7.19. The molecule has 0 heterocycles. The van der Waals surface area contributed by atoms with Crippen LogP contribution in [0.3, 0.4) is 0 Å². The molecule has 28 heavy (non-hydrogen) atoms. The predicted molar refractivity (Wildman–Crippen MR) is 106 cm³/mol. The average molecular weight is 386 g/mol. The second kappa shape index (κ2) is 7.86. The number of amides is 1. The van der Waals surface area contributed by atoms with Gasteiger partial charge in [-0.15, -0.1) is 0 Å². The van der Waals surface area contributed by atoms with Crippen LogP contribution in [-0.4, -0.2) is 31.6 Å². The zero-order chi connectivity index (χ0) is 19.7. The van der Waals surface area contributed by atoms with E-state index in [9.17, 15) is 9.59 Å². The molecule has 152 valence electrons. The number of carbonyl (C=O) groups excluding carboxylic acids is 2. The van der Waals surface area contributed by atoms with Crippen LogP contribution in [0.1, 0.15) is 61.4 Å². The van der Waals surface area contributed by atoms with Gasteiger partial charge in [0.2, 0.25) is 0 Å². The molecule has 1 N–H and O–H groups in total. The molecule has 0 aromatic heterocycles.